The van der Waals surface area contributed by atoms with E-state index in [1.807, 2.05) is 31.2 Å². The lowest BCUT2D eigenvalue weighted by Gasteiger charge is -2.21. The third kappa shape index (κ3) is 4.29. The van der Waals surface area contributed by atoms with Crippen LogP contribution in [0, 0.1) is 12.7 Å². The zero-order chi connectivity index (χ0) is 15.4. The molecule has 0 aliphatic rings. The molecule has 0 spiro atoms. The SMILES string of the molecule is CCNC(Cc1cc(F)cc(Br)c1)c1cccc(C)c1Cl. The maximum absolute atomic E-state index is 13.5. The van der Waals surface area contributed by atoms with Gasteiger partial charge in [0.15, 0.2) is 0 Å². The second kappa shape index (κ2) is 7.39. The summed E-state index contributed by atoms with van der Waals surface area (Å²) < 4.78 is 14.3. The molecule has 2 rings (SSSR count). The minimum Gasteiger partial charge on any atom is -0.310 e. The lowest BCUT2D eigenvalue weighted by molar-refractivity contribution is 0.546. The van der Waals surface area contributed by atoms with E-state index in [9.17, 15) is 4.39 Å². The zero-order valence-electron chi connectivity index (χ0n) is 12.1. The van der Waals surface area contributed by atoms with Crippen LogP contribution >= 0.6 is 27.5 Å². The Hall–Kier alpha value is -0.900. The van der Waals surface area contributed by atoms with Crippen molar-refractivity contribution in [1.82, 2.24) is 5.32 Å². The molecular weight excluding hydrogens is 353 g/mol. The third-order valence-corrected chi connectivity index (χ3v) is 4.38. The minimum atomic E-state index is -0.232. The summed E-state index contributed by atoms with van der Waals surface area (Å²) in [5.41, 5.74) is 3.04. The summed E-state index contributed by atoms with van der Waals surface area (Å²) in [5.74, 6) is -0.232. The standard InChI is InChI=1S/C17H18BrClFN/c1-3-21-16(15-6-4-5-11(2)17(15)19)9-12-7-13(18)10-14(20)8-12/h4-8,10,16,21H,3,9H2,1-2H3. The van der Waals surface area contributed by atoms with Crippen molar-refractivity contribution in [3.63, 3.8) is 0 Å². The molecule has 0 amide bonds. The molecule has 0 saturated carbocycles. The highest BCUT2D eigenvalue weighted by atomic mass is 79.9. The first-order valence-electron chi connectivity index (χ1n) is 6.94. The third-order valence-electron chi connectivity index (χ3n) is 3.41. The van der Waals surface area contributed by atoms with Gasteiger partial charge in [-0.05, 0) is 54.8 Å². The summed E-state index contributed by atoms with van der Waals surface area (Å²) in [4.78, 5) is 0. The van der Waals surface area contributed by atoms with Crippen molar-refractivity contribution in [1.29, 1.82) is 0 Å². The molecule has 0 fully saturated rings. The average molecular weight is 371 g/mol. The van der Waals surface area contributed by atoms with Gasteiger partial charge in [0.1, 0.15) is 5.82 Å². The number of likely N-dealkylation sites (N-methyl/N-ethyl adjacent to an activating group) is 1. The van der Waals surface area contributed by atoms with Crippen molar-refractivity contribution in [2.75, 3.05) is 6.54 Å². The number of hydrogen-bond acceptors (Lipinski definition) is 1. The van der Waals surface area contributed by atoms with Gasteiger partial charge < -0.3 is 5.32 Å². The number of halogens is 3. The molecule has 112 valence electrons. The van der Waals surface area contributed by atoms with Gasteiger partial charge in [-0.3, -0.25) is 0 Å². The number of nitrogens with one attached hydrogen (secondary N) is 1. The van der Waals surface area contributed by atoms with E-state index in [0.717, 1.165) is 32.7 Å². The van der Waals surface area contributed by atoms with Crippen LogP contribution in [-0.4, -0.2) is 6.54 Å². The highest BCUT2D eigenvalue weighted by molar-refractivity contribution is 9.10. The van der Waals surface area contributed by atoms with E-state index in [1.54, 1.807) is 6.07 Å². The summed E-state index contributed by atoms with van der Waals surface area (Å²) in [7, 11) is 0. The van der Waals surface area contributed by atoms with Crippen LogP contribution in [0.2, 0.25) is 5.02 Å². The van der Waals surface area contributed by atoms with Gasteiger partial charge in [0.2, 0.25) is 0 Å². The molecule has 0 saturated heterocycles. The molecule has 2 aromatic rings. The summed E-state index contributed by atoms with van der Waals surface area (Å²) in [6.07, 6.45) is 0.688. The molecule has 4 heteroatoms. The van der Waals surface area contributed by atoms with Crippen LogP contribution in [0.3, 0.4) is 0 Å². The number of benzene rings is 2. The summed E-state index contributed by atoms with van der Waals surface area (Å²) in [6.45, 7) is 4.87. The Bertz CT molecular complexity index is 610. The molecule has 0 aliphatic heterocycles. The zero-order valence-corrected chi connectivity index (χ0v) is 14.4. The fourth-order valence-electron chi connectivity index (χ4n) is 2.44. The topological polar surface area (TPSA) is 12.0 Å². The predicted octanol–water partition coefficient (Wildman–Crippen LogP) is 5.44. The van der Waals surface area contributed by atoms with Crippen LogP contribution in [-0.2, 0) is 6.42 Å². The van der Waals surface area contributed by atoms with E-state index in [4.69, 9.17) is 11.6 Å². The van der Waals surface area contributed by atoms with Crippen molar-refractivity contribution in [2.45, 2.75) is 26.3 Å². The first-order valence-corrected chi connectivity index (χ1v) is 8.11. The first kappa shape index (κ1) is 16.5. The highest BCUT2D eigenvalue weighted by Crippen LogP contribution is 2.29. The summed E-state index contributed by atoms with van der Waals surface area (Å²) >= 11 is 9.77. The van der Waals surface area contributed by atoms with Crippen LogP contribution in [0.25, 0.3) is 0 Å². The van der Waals surface area contributed by atoms with Crippen LogP contribution in [0.15, 0.2) is 40.9 Å². The number of hydrogen-bond donors (Lipinski definition) is 1. The van der Waals surface area contributed by atoms with Crippen LogP contribution in [0.4, 0.5) is 4.39 Å². The maximum atomic E-state index is 13.5. The van der Waals surface area contributed by atoms with E-state index >= 15 is 0 Å². The summed E-state index contributed by atoms with van der Waals surface area (Å²) in [6, 6.07) is 11.1. The molecule has 2 aromatic carbocycles. The molecule has 0 heterocycles. The van der Waals surface area contributed by atoms with Gasteiger partial charge in [0, 0.05) is 15.5 Å². The first-order chi connectivity index (χ1) is 10.0. The molecule has 0 radical (unpaired) electrons. The Labute approximate surface area is 138 Å². The van der Waals surface area contributed by atoms with Gasteiger partial charge >= 0.3 is 0 Å². The van der Waals surface area contributed by atoms with E-state index in [-0.39, 0.29) is 11.9 Å². The Morgan fingerprint density at radius 1 is 1.29 bits per heavy atom. The Balaban J connectivity index is 2.32. The fraction of sp³-hybridized carbons (Fsp3) is 0.294. The van der Waals surface area contributed by atoms with E-state index in [1.165, 1.54) is 6.07 Å². The Kier molecular flexibility index (Phi) is 5.80. The minimum absolute atomic E-state index is 0.0658. The van der Waals surface area contributed by atoms with Crippen molar-refractivity contribution in [3.8, 4) is 0 Å². The maximum Gasteiger partial charge on any atom is 0.124 e. The molecule has 1 unspecified atom stereocenters. The van der Waals surface area contributed by atoms with Crippen LogP contribution in [0.1, 0.15) is 29.7 Å². The van der Waals surface area contributed by atoms with Crippen molar-refractivity contribution in [3.05, 3.63) is 68.4 Å². The molecule has 1 atom stereocenters. The van der Waals surface area contributed by atoms with E-state index < -0.39 is 0 Å². The normalized spacial score (nSPS) is 12.4. The lowest BCUT2D eigenvalue weighted by atomic mass is 9.97. The fourth-order valence-corrected chi connectivity index (χ4v) is 3.21. The molecule has 1 N–H and O–H groups in total. The number of rotatable bonds is 5. The molecule has 0 aliphatic carbocycles. The Morgan fingerprint density at radius 2 is 2.05 bits per heavy atom. The highest BCUT2D eigenvalue weighted by Gasteiger charge is 2.16. The second-order valence-corrected chi connectivity index (χ2v) is 6.36. The monoisotopic (exact) mass is 369 g/mol. The quantitative estimate of drug-likeness (QED) is 0.738. The van der Waals surface area contributed by atoms with Crippen LogP contribution in [0.5, 0.6) is 0 Å². The summed E-state index contributed by atoms with van der Waals surface area (Å²) in [5, 5.41) is 4.21. The van der Waals surface area contributed by atoms with Gasteiger partial charge in [-0.2, -0.15) is 0 Å². The van der Waals surface area contributed by atoms with Crippen molar-refractivity contribution in [2.24, 2.45) is 0 Å². The smallest absolute Gasteiger partial charge is 0.124 e. The van der Waals surface area contributed by atoms with Crippen molar-refractivity contribution >= 4 is 27.5 Å². The second-order valence-electron chi connectivity index (χ2n) is 5.07. The Morgan fingerprint density at radius 3 is 2.71 bits per heavy atom. The van der Waals surface area contributed by atoms with E-state index in [2.05, 4.69) is 28.2 Å². The predicted molar refractivity (Wildman–Crippen MR) is 90.4 cm³/mol. The van der Waals surface area contributed by atoms with Crippen LogP contribution < -0.4 is 5.32 Å². The van der Waals surface area contributed by atoms with Gasteiger partial charge in [0.25, 0.3) is 0 Å². The molecule has 0 aromatic heterocycles. The van der Waals surface area contributed by atoms with Gasteiger partial charge in [0.05, 0.1) is 0 Å². The molecular formula is C17H18BrClFN. The van der Waals surface area contributed by atoms with Gasteiger partial charge in [-0.25, -0.2) is 4.39 Å². The molecule has 21 heavy (non-hydrogen) atoms. The van der Waals surface area contributed by atoms with Crippen molar-refractivity contribution < 1.29 is 4.39 Å². The van der Waals surface area contributed by atoms with Gasteiger partial charge in [-0.1, -0.05) is 52.7 Å². The lowest BCUT2D eigenvalue weighted by Crippen LogP contribution is -2.23. The number of aryl methyl sites for hydroxylation is 1. The molecule has 1 nitrogen and oxygen atoms in total. The molecule has 0 bridgehead atoms. The van der Waals surface area contributed by atoms with E-state index in [0.29, 0.717) is 6.42 Å². The van der Waals surface area contributed by atoms with Gasteiger partial charge in [-0.15, -0.1) is 0 Å². The largest absolute Gasteiger partial charge is 0.310 e. The average Bonchev–Trinajstić information content (AvgIpc) is 2.40.